The highest BCUT2D eigenvalue weighted by molar-refractivity contribution is 7.90. The predicted molar refractivity (Wildman–Crippen MR) is 65.3 cm³/mol. The third-order valence-electron chi connectivity index (χ3n) is 2.87. The molecular weight excluding hydrogens is 256 g/mol. The van der Waals surface area contributed by atoms with Crippen LogP contribution in [0.25, 0.3) is 0 Å². The lowest BCUT2D eigenvalue weighted by atomic mass is 9.96. The Morgan fingerprint density at radius 2 is 2.22 bits per heavy atom. The highest BCUT2D eigenvalue weighted by Crippen LogP contribution is 2.29. The molecule has 1 aromatic heterocycles. The topological polar surface area (TPSA) is 87.6 Å². The Balaban J connectivity index is 2.15. The molecule has 6 nitrogen and oxygen atoms in total. The van der Waals surface area contributed by atoms with Crippen LogP contribution in [0.1, 0.15) is 6.42 Å². The summed E-state index contributed by atoms with van der Waals surface area (Å²) in [5, 5.41) is 8.66. The smallest absolute Gasteiger partial charge is 0.303 e. The molecule has 1 saturated heterocycles. The van der Waals surface area contributed by atoms with Gasteiger partial charge in [0.1, 0.15) is 10.7 Å². The third-order valence-corrected chi connectivity index (χ3v) is 3.99. The molecule has 0 aromatic carbocycles. The van der Waals surface area contributed by atoms with Gasteiger partial charge in [0, 0.05) is 31.5 Å². The van der Waals surface area contributed by atoms with Crippen molar-refractivity contribution in [2.45, 2.75) is 11.3 Å². The molecule has 2 rings (SSSR count). The summed E-state index contributed by atoms with van der Waals surface area (Å²) in [6.07, 6.45) is 2.79. The fraction of sp³-hybridized carbons (Fsp3) is 0.455. The van der Waals surface area contributed by atoms with Crippen LogP contribution in [0.5, 0.6) is 0 Å². The SMILES string of the molecule is CS(=O)(=O)c1cccnc1N1CC(CC(=O)O)C1. The highest BCUT2D eigenvalue weighted by Gasteiger charge is 2.32. The van der Waals surface area contributed by atoms with Crippen LogP contribution in [0.4, 0.5) is 5.82 Å². The summed E-state index contributed by atoms with van der Waals surface area (Å²) in [6, 6.07) is 3.09. The van der Waals surface area contributed by atoms with Crippen LogP contribution in [0.15, 0.2) is 23.2 Å². The van der Waals surface area contributed by atoms with Crippen LogP contribution in [0, 0.1) is 5.92 Å². The molecule has 0 atom stereocenters. The molecule has 0 bridgehead atoms. The summed E-state index contributed by atoms with van der Waals surface area (Å²) < 4.78 is 23.2. The van der Waals surface area contributed by atoms with Gasteiger partial charge in [-0.15, -0.1) is 0 Å². The second-order valence-electron chi connectivity index (χ2n) is 4.47. The first-order valence-electron chi connectivity index (χ1n) is 5.49. The van der Waals surface area contributed by atoms with Crippen molar-refractivity contribution in [1.82, 2.24) is 4.98 Å². The molecule has 0 spiro atoms. The van der Waals surface area contributed by atoms with Crippen molar-refractivity contribution in [1.29, 1.82) is 0 Å². The van der Waals surface area contributed by atoms with Gasteiger partial charge in [0.15, 0.2) is 9.84 Å². The third kappa shape index (κ3) is 2.61. The molecule has 1 N–H and O–H groups in total. The van der Waals surface area contributed by atoms with E-state index >= 15 is 0 Å². The van der Waals surface area contributed by atoms with E-state index in [1.165, 1.54) is 12.3 Å². The van der Waals surface area contributed by atoms with Crippen molar-refractivity contribution >= 4 is 21.6 Å². The number of aromatic nitrogens is 1. The average Bonchev–Trinajstić information content (AvgIpc) is 2.21. The molecule has 98 valence electrons. The Hall–Kier alpha value is -1.63. The second-order valence-corrected chi connectivity index (χ2v) is 6.45. The number of carboxylic acids is 1. The molecule has 1 aromatic rings. The number of carboxylic acid groups (broad SMARTS) is 1. The van der Waals surface area contributed by atoms with Gasteiger partial charge in [0.25, 0.3) is 0 Å². The van der Waals surface area contributed by atoms with Gasteiger partial charge in [-0.25, -0.2) is 13.4 Å². The first-order valence-corrected chi connectivity index (χ1v) is 7.39. The van der Waals surface area contributed by atoms with Gasteiger partial charge in [-0.2, -0.15) is 0 Å². The van der Waals surface area contributed by atoms with Crippen molar-refractivity contribution in [3.63, 3.8) is 0 Å². The molecule has 1 fully saturated rings. The monoisotopic (exact) mass is 270 g/mol. The Morgan fingerprint density at radius 1 is 1.56 bits per heavy atom. The van der Waals surface area contributed by atoms with Gasteiger partial charge < -0.3 is 10.0 Å². The van der Waals surface area contributed by atoms with Crippen LogP contribution < -0.4 is 4.90 Å². The number of anilines is 1. The van der Waals surface area contributed by atoms with E-state index in [9.17, 15) is 13.2 Å². The Kier molecular flexibility index (Phi) is 3.25. The quantitative estimate of drug-likeness (QED) is 0.852. The fourth-order valence-electron chi connectivity index (χ4n) is 2.03. The van der Waals surface area contributed by atoms with Crippen LogP contribution in [0.2, 0.25) is 0 Å². The van der Waals surface area contributed by atoms with E-state index in [-0.39, 0.29) is 17.2 Å². The molecule has 18 heavy (non-hydrogen) atoms. The molecule has 1 aliphatic heterocycles. The Bertz CT molecular complexity index is 564. The van der Waals surface area contributed by atoms with E-state index in [1.54, 1.807) is 11.0 Å². The maximum absolute atomic E-state index is 11.6. The number of hydrogen-bond donors (Lipinski definition) is 1. The largest absolute Gasteiger partial charge is 0.481 e. The van der Waals surface area contributed by atoms with Gasteiger partial charge in [-0.05, 0) is 12.1 Å². The molecule has 2 heterocycles. The van der Waals surface area contributed by atoms with Crippen LogP contribution in [-0.2, 0) is 14.6 Å². The van der Waals surface area contributed by atoms with Gasteiger partial charge in [-0.3, -0.25) is 4.79 Å². The van der Waals surface area contributed by atoms with Gasteiger partial charge in [0.2, 0.25) is 0 Å². The number of hydrogen-bond acceptors (Lipinski definition) is 5. The molecule has 1 aliphatic rings. The first-order chi connectivity index (χ1) is 8.38. The van der Waals surface area contributed by atoms with E-state index in [2.05, 4.69) is 4.98 Å². The summed E-state index contributed by atoms with van der Waals surface area (Å²) in [6.45, 7) is 1.07. The number of pyridine rings is 1. The number of carbonyl (C=O) groups is 1. The molecule has 0 aliphatic carbocycles. The van der Waals surface area contributed by atoms with Gasteiger partial charge in [0.05, 0.1) is 6.42 Å². The maximum Gasteiger partial charge on any atom is 0.303 e. The molecule has 0 unspecified atom stereocenters. The van der Waals surface area contributed by atoms with E-state index in [0.717, 1.165) is 6.26 Å². The fourth-order valence-corrected chi connectivity index (χ4v) is 2.87. The van der Waals surface area contributed by atoms with Crippen LogP contribution in [0.3, 0.4) is 0 Å². The normalized spacial score (nSPS) is 16.4. The lowest BCUT2D eigenvalue weighted by Crippen LogP contribution is -2.48. The number of rotatable bonds is 4. The van der Waals surface area contributed by atoms with Crippen molar-refractivity contribution in [2.75, 3.05) is 24.2 Å². The summed E-state index contributed by atoms with van der Waals surface area (Å²) in [4.78, 5) is 16.6. The standard InChI is InChI=1S/C11H14N2O4S/c1-18(16,17)9-3-2-4-12-11(9)13-6-8(7-13)5-10(14)15/h2-4,8H,5-7H2,1H3,(H,14,15). The summed E-state index contributed by atoms with van der Waals surface area (Å²) in [5.74, 6) is -0.345. The zero-order valence-corrected chi connectivity index (χ0v) is 10.7. The summed E-state index contributed by atoms with van der Waals surface area (Å²) >= 11 is 0. The van der Waals surface area contributed by atoms with Crippen LogP contribution in [-0.4, -0.2) is 43.8 Å². The lowest BCUT2D eigenvalue weighted by Gasteiger charge is -2.40. The average molecular weight is 270 g/mol. The van der Waals surface area contributed by atoms with Gasteiger partial charge >= 0.3 is 5.97 Å². The van der Waals surface area contributed by atoms with Gasteiger partial charge in [-0.1, -0.05) is 0 Å². The first kappa shape index (κ1) is 12.8. The van der Waals surface area contributed by atoms with Crippen molar-refractivity contribution in [3.05, 3.63) is 18.3 Å². The molecule has 0 radical (unpaired) electrons. The number of aliphatic carboxylic acids is 1. The minimum atomic E-state index is -3.32. The minimum absolute atomic E-state index is 0.0666. The van der Waals surface area contributed by atoms with Crippen LogP contribution >= 0.6 is 0 Å². The zero-order chi connectivity index (χ0) is 13.3. The Labute approximate surface area is 105 Å². The summed E-state index contributed by atoms with van der Waals surface area (Å²) in [7, 11) is -3.32. The van der Waals surface area contributed by atoms with E-state index in [0.29, 0.717) is 18.9 Å². The molecule has 0 amide bonds. The minimum Gasteiger partial charge on any atom is -0.481 e. The molecule has 7 heteroatoms. The van der Waals surface area contributed by atoms with E-state index in [4.69, 9.17) is 5.11 Å². The number of nitrogens with zero attached hydrogens (tertiary/aromatic N) is 2. The van der Waals surface area contributed by atoms with Crippen molar-refractivity contribution < 1.29 is 18.3 Å². The second kappa shape index (κ2) is 4.56. The van der Waals surface area contributed by atoms with E-state index < -0.39 is 15.8 Å². The Morgan fingerprint density at radius 3 is 2.78 bits per heavy atom. The number of sulfone groups is 1. The molecular formula is C11H14N2O4S. The molecule has 0 saturated carbocycles. The van der Waals surface area contributed by atoms with Crippen molar-refractivity contribution in [2.24, 2.45) is 5.92 Å². The zero-order valence-electron chi connectivity index (χ0n) is 9.91. The predicted octanol–water partition coefficient (Wildman–Crippen LogP) is 0.396. The van der Waals surface area contributed by atoms with Crippen molar-refractivity contribution in [3.8, 4) is 0 Å². The highest BCUT2D eigenvalue weighted by atomic mass is 32.2. The lowest BCUT2D eigenvalue weighted by molar-refractivity contribution is -0.138. The summed E-state index contributed by atoms with van der Waals surface area (Å²) in [5.41, 5.74) is 0. The van der Waals surface area contributed by atoms with E-state index in [1.807, 2.05) is 0 Å². The maximum atomic E-state index is 11.6.